The molecule has 0 unspecified atom stereocenters. The molecule has 1 aliphatic rings. The number of amides is 1. The fourth-order valence-corrected chi connectivity index (χ4v) is 3.79. The number of carbonyl (C=O) groups excluding carboxylic acids is 1. The first-order valence-corrected chi connectivity index (χ1v) is 7.64. The van der Waals surface area contributed by atoms with Crippen LogP contribution in [0.5, 0.6) is 0 Å². The van der Waals surface area contributed by atoms with E-state index in [2.05, 4.69) is 18.8 Å². The predicted molar refractivity (Wildman–Crippen MR) is 83.1 cm³/mol. The Bertz CT molecular complexity index is 690. The number of rotatable bonds is 1. The van der Waals surface area contributed by atoms with Crippen LogP contribution in [-0.2, 0) is 0 Å². The number of hydrogen-bond acceptors (Lipinski definition) is 4. The number of aromatic nitrogens is 1. The number of hydrogen-bond donors (Lipinski definition) is 1. The highest BCUT2D eigenvalue weighted by molar-refractivity contribution is 7.21. The minimum atomic E-state index is 0.0497. The second kappa shape index (κ2) is 4.45. The molecule has 2 N–H and O–H groups in total. The molecule has 5 heteroatoms. The maximum atomic E-state index is 12.6. The van der Waals surface area contributed by atoms with E-state index in [1.165, 1.54) is 11.3 Å². The average Bonchev–Trinajstić information content (AvgIpc) is 2.89. The Morgan fingerprint density at radius 2 is 2.20 bits per heavy atom. The Morgan fingerprint density at radius 1 is 1.45 bits per heavy atom. The van der Waals surface area contributed by atoms with E-state index in [0.717, 1.165) is 35.4 Å². The van der Waals surface area contributed by atoms with Gasteiger partial charge in [-0.05, 0) is 30.9 Å². The molecule has 3 rings (SSSR count). The summed E-state index contributed by atoms with van der Waals surface area (Å²) in [5, 5.41) is 0.891. The summed E-state index contributed by atoms with van der Waals surface area (Å²) in [7, 11) is 0. The first kappa shape index (κ1) is 13.4. The van der Waals surface area contributed by atoms with Gasteiger partial charge < -0.3 is 10.6 Å². The maximum absolute atomic E-state index is 12.6. The molecule has 3 heterocycles. The number of nitrogen functional groups attached to an aromatic ring is 1. The van der Waals surface area contributed by atoms with E-state index in [4.69, 9.17) is 5.73 Å². The molecule has 0 aromatic carbocycles. The number of aryl methyl sites for hydroxylation is 1. The molecule has 20 heavy (non-hydrogen) atoms. The van der Waals surface area contributed by atoms with Crippen LogP contribution >= 0.6 is 11.3 Å². The molecule has 1 fully saturated rings. The van der Waals surface area contributed by atoms with Crippen molar-refractivity contribution >= 4 is 33.1 Å². The van der Waals surface area contributed by atoms with Gasteiger partial charge in [0.15, 0.2) is 0 Å². The van der Waals surface area contributed by atoms with Gasteiger partial charge in [0.1, 0.15) is 9.71 Å². The number of nitrogens with zero attached hydrogens (tertiary/aromatic N) is 2. The van der Waals surface area contributed by atoms with E-state index < -0.39 is 0 Å². The number of pyridine rings is 1. The topological polar surface area (TPSA) is 59.2 Å². The van der Waals surface area contributed by atoms with Crippen molar-refractivity contribution in [1.82, 2.24) is 9.88 Å². The summed E-state index contributed by atoms with van der Waals surface area (Å²) in [6, 6.07) is 3.88. The third-order valence-electron chi connectivity index (χ3n) is 3.89. The van der Waals surface area contributed by atoms with Gasteiger partial charge in [0.2, 0.25) is 0 Å². The molecule has 0 radical (unpaired) electrons. The summed E-state index contributed by atoms with van der Waals surface area (Å²) >= 11 is 1.41. The monoisotopic (exact) mass is 289 g/mol. The summed E-state index contributed by atoms with van der Waals surface area (Å²) in [6.07, 6.45) is 1.04. The summed E-state index contributed by atoms with van der Waals surface area (Å²) in [4.78, 5) is 20.5. The fraction of sp³-hybridized carbons (Fsp3) is 0.467. The molecule has 2 aromatic heterocycles. The van der Waals surface area contributed by atoms with Gasteiger partial charge in [0.25, 0.3) is 5.91 Å². The van der Waals surface area contributed by atoms with Crippen LogP contribution in [0.3, 0.4) is 0 Å². The normalized spacial score (nSPS) is 17.9. The number of likely N-dealkylation sites (tertiary alicyclic amines) is 1. The van der Waals surface area contributed by atoms with E-state index >= 15 is 0 Å². The third-order valence-corrected chi connectivity index (χ3v) is 5.00. The summed E-state index contributed by atoms with van der Waals surface area (Å²) in [5.41, 5.74) is 7.87. The van der Waals surface area contributed by atoms with Crippen LogP contribution in [0.15, 0.2) is 12.1 Å². The van der Waals surface area contributed by atoms with Crippen LogP contribution in [-0.4, -0.2) is 28.9 Å². The molecule has 2 aromatic rings. The molecule has 1 saturated heterocycles. The average molecular weight is 289 g/mol. The number of carbonyl (C=O) groups is 1. The lowest BCUT2D eigenvalue weighted by Gasteiger charge is -2.19. The molecule has 0 atom stereocenters. The Labute approximate surface area is 122 Å². The lowest BCUT2D eigenvalue weighted by atomic mass is 9.93. The van der Waals surface area contributed by atoms with Gasteiger partial charge in [-0.15, -0.1) is 11.3 Å². The minimum Gasteiger partial charge on any atom is -0.397 e. The van der Waals surface area contributed by atoms with Crippen LogP contribution in [0.1, 0.15) is 35.6 Å². The highest BCUT2D eigenvalue weighted by Crippen LogP contribution is 2.36. The number of thiophene rings is 1. The summed E-state index contributed by atoms with van der Waals surface area (Å²) in [5.74, 6) is 0.0497. The molecule has 0 aliphatic carbocycles. The van der Waals surface area contributed by atoms with Crippen molar-refractivity contribution in [2.45, 2.75) is 27.2 Å². The molecule has 106 valence electrons. The van der Waals surface area contributed by atoms with Crippen LogP contribution < -0.4 is 5.73 Å². The zero-order valence-electron chi connectivity index (χ0n) is 12.1. The Balaban J connectivity index is 1.98. The zero-order valence-corrected chi connectivity index (χ0v) is 12.9. The third kappa shape index (κ3) is 2.16. The molecular formula is C15H19N3OS. The lowest BCUT2D eigenvalue weighted by molar-refractivity contribution is 0.0784. The van der Waals surface area contributed by atoms with Crippen molar-refractivity contribution in [2.75, 3.05) is 18.8 Å². The largest absolute Gasteiger partial charge is 0.397 e. The molecule has 0 bridgehead atoms. The van der Waals surface area contributed by atoms with Gasteiger partial charge in [-0.1, -0.05) is 13.8 Å². The Kier molecular flexibility index (Phi) is 2.97. The van der Waals surface area contributed by atoms with Crippen LogP contribution in [0.4, 0.5) is 5.69 Å². The van der Waals surface area contributed by atoms with E-state index in [1.807, 2.05) is 24.0 Å². The first-order valence-electron chi connectivity index (χ1n) is 6.82. The highest BCUT2D eigenvalue weighted by Gasteiger charge is 2.34. The molecule has 0 saturated carbocycles. The standard InChI is InChI=1S/C15H19N3OS/c1-9-4-5-10-11(16)12(20-13(10)17-9)14(19)18-7-6-15(2,3)8-18/h4-5H,6-8,16H2,1-3H3. The van der Waals surface area contributed by atoms with Crippen molar-refractivity contribution in [2.24, 2.45) is 5.41 Å². The second-order valence-electron chi connectivity index (χ2n) is 6.29. The van der Waals surface area contributed by atoms with Gasteiger partial charge in [0, 0.05) is 24.2 Å². The quantitative estimate of drug-likeness (QED) is 0.877. The zero-order chi connectivity index (χ0) is 14.5. The van der Waals surface area contributed by atoms with E-state index in [-0.39, 0.29) is 11.3 Å². The van der Waals surface area contributed by atoms with Crippen molar-refractivity contribution in [3.63, 3.8) is 0 Å². The van der Waals surface area contributed by atoms with Crippen molar-refractivity contribution < 1.29 is 4.79 Å². The SMILES string of the molecule is Cc1ccc2c(N)c(C(=O)N3CCC(C)(C)C3)sc2n1. The highest BCUT2D eigenvalue weighted by atomic mass is 32.1. The van der Waals surface area contributed by atoms with Crippen molar-refractivity contribution in [3.05, 3.63) is 22.7 Å². The summed E-state index contributed by atoms with van der Waals surface area (Å²) in [6.45, 7) is 7.94. The molecule has 1 amide bonds. The smallest absolute Gasteiger partial charge is 0.266 e. The van der Waals surface area contributed by atoms with E-state index in [0.29, 0.717) is 10.6 Å². The van der Waals surface area contributed by atoms with Crippen LogP contribution in [0, 0.1) is 12.3 Å². The first-order chi connectivity index (χ1) is 9.37. The van der Waals surface area contributed by atoms with Gasteiger partial charge in [-0.25, -0.2) is 4.98 Å². The molecule has 0 spiro atoms. The Hall–Kier alpha value is -1.62. The fourth-order valence-electron chi connectivity index (χ4n) is 2.68. The summed E-state index contributed by atoms with van der Waals surface area (Å²) < 4.78 is 0. The van der Waals surface area contributed by atoms with Gasteiger partial charge >= 0.3 is 0 Å². The molecule has 4 nitrogen and oxygen atoms in total. The van der Waals surface area contributed by atoms with Crippen LogP contribution in [0.2, 0.25) is 0 Å². The van der Waals surface area contributed by atoms with Gasteiger partial charge in [-0.3, -0.25) is 4.79 Å². The molecule has 1 aliphatic heterocycles. The van der Waals surface area contributed by atoms with Crippen LogP contribution in [0.25, 0.3) is 10.2 Å². The predicted octanol–water partition coefficient (Wildman–Crippen LogP) is 3.06. The lowest BCUT2D eigenvalue weighted by Crippen LogP contribution is -2.30. The van der Waals surface area contributed by atoms with Gasteiger partial charge in [-0.2, -0.15) is 0 Å². The van der Waals surface area contributed by atoms with Gasteiger partial charge in [0.05, 0.1) is 5.69 Å². The van der Waals surface area contributed by atoms with Crippen molar-refractivity contribution in [1.29, 1.82) is 0 Å². The van der Waals surface area contributed by atoms with E-state index in [9.17, 15) is 4.79 Å². The number of nitrogens with two attached hydrogens (primary N) is 1. The number of fused-ring (bicyclic) bond motifs is 1. The van der Waals surface area contributed by atoms with Crippen molar-refractivity contribution in [3.8, 4) is 0 Å². The Morgan fingerprint density at radius 3 is 2.85 bits per heavy atom. The molecular weight excluding hydrogens is 270 g/mol. The minimum absolute atomic E-state index is 0.0497. The van der Waals surface area contributed by atoms with E-state index in [1.54, 1.807) is 0 Å². The number of anilines is 1. The maximum Gasteiger partial charge on any atom is 0.266 e. The second-order valence-corrected chi connectivity index (χ2v) is 7.29.